The van der Waals surface area contributed by atoms with E-state index < -0.39 is 4.92 Å². The number of para-hydroxylation sites is 2. The second-order valence-electron chi connectivity index (χ2n) is 6.89. The van der Waals surface area contributed by atoms with Gasteiger partial charge >= 0.3 is 5.69 Å². The van der Waals surface area contributed by atoms with Gasteiger partial charge in [-0.1, -0.05) is 12.1 Å². The summed E-state index contributed by atoms with van der Waals surface area (Å²) in [4.78, 5) is 17.0. The highest BCUT2D eigenvalue weighted by atomic mass is 16.6. The normalized spacial score (nSPS) is 22.2. The van der Waals surface area contributed by atoms with Crippen LogP contribution < -0.4 is 14.8 Å². The molecule has 8 nitrogen and oxygen atoms in total. The summed E-state index contributed by atoms with van der Waals surface area (Å²) < 4.78 is 11.8. The molecule has 8 heteroatoms. The second-order valence-corrected chi connectivity index (χ2v) is 6.89. The van der Waals surface area contributed by atoms with Gasteiger partial charge in [-0.2, -0.15) is 0 Å². The average Bonchev–Trinajstić information content (AvgIpc) is 2.68. The summed E-state index contributed by atoms with van der Waals surface area (Å²) in [7, 11) is 0. The number of pyridine rings is 1. The average molecular weight is 370 g/mol. The van der Waals surface area contributed by atoms with Gasteiger partial charge in [0.05, 0.1) is 4.92 Å². The van der Waals surface area contributed by atoms with Gasteiger partial charge in [0.25, 0.3) is 0 Å². The summed E-state index contributed by atoms with van der Waals surface area (Å²) in [5, 5.41) is 14.5. The number of piperidine rings is 1. The number of nitro groups is 1. The zero-order valence-corrected chi connectivity index (χ0v) is 14.9. The van der Waals surface area contributed by atoms with Crippen molar-refractivity contribution in [1.29, 1.82) is 0 Å². The number of aromatic nitrogens is 1. The Morgan fingerprint density at radius 3 is 3.00 bits per heavy atom. The third kappa shape index (κ3) is 4.11. The van der Waals surface area contributed by atoms with E-state index >= 15 is 0 Å². The van der Waals surface area contributed by atoms with Gasteiger partial charge in [0.15, 0.2) is 11.5 Å². The molecule has 0 saturated carbocycles. The lowest BCUT2D eigenvalue weighted by Gasteiger charge is -2.36. The van der Waals surface area contributed by atoms with Crippen molar-refractivity contribution in [3.05, 3.63) is 52.8 Å². The van der Waals surface area contributed by atoms with E-state index in [-0.39, 0.29) is 17.8 Å². The number of fused-ring (bicyclic) bond motifs is 1. The van der Waals surface area contributed by atoms with E-state index in [4.69, 9.17) is 9.47 Å². The Bertz CT molecular complexity index is 816. The molecule has 3 heterocycles. The van der Waals surface area contributed by atoms with Crippen LogP contribution in [0.15, 0.2) is 42.7 Å². The van der Waals surface area contributed by atoms with Crippen LogP contribution in [0.4, 0.5) is 11.4 Å². The van der Waals surface area contributed by atoms with Crippen LogP contribution in [0.25, 0.3) is 0 Å². The van der Waals surface area contributed by atoms with Gasteiger partial charge < -0.3 is 14.8 Å². The second kappa shape index (κ2) is 7.79. The van der Waals surface area contributed by atoms with Crippen molar-refractivity contribution in [2.24, 2.45) is 0 Å². The molecule has 0 aliphatic carbocycles. The van der Waals surface area contributed by atoms with Gasteiger partial charge in [0, 0.05) is 25.3 Å². The number of likely N-dealkylation sites (tertiary alicyclic amines) is 1. The molecule has 0 unspecified atom stereocenters. The maximum atomic E-state index is 11.2. The Morgan fingerprint density at radius 1 is 1.30 bits per heavy atom. The molecule has 2 aliphatic rings. The lowest BCUT2D eigenvalue weighted by atomic mass is 10.0. The van der Waals surface area contributed by atoms with Crippen LogP contribution in [0.1, 0.15) is 12.8 Å². The molecule has 27 heavy (non-hydrogen) atoms. The van der Waals surface area contributed by atoms with Gasteiger partial charge in [-0.05, 0) is 37.6 Å². The fourth-order valence-corrected chi connectivity index (χ4v) is 3.65. The predicted octanol–water partition coefficient (Wildman–Crippen LogP) is 2.71. The zero-order chi connectivity index (χ0) is 18.6. The fraction of sp³-hybridized carbons (Fsp3) is 0.421. The SMILES string of the molecule is O=[N+]([O-])c1cnccc1N[C@H]1CCCN(C[C@H]2COc3ccccc3O2)C1. The molecule has 0 radical (unpaired) electrons. The lowest BCUT2D eigenvalue weighted by Crippen LogP contribution is -2.48. The van der Waals surface area contributed by atoms with Crippen LogP contribution in [-0.4, -0.2) is 53.2 Å². The third-order valence-electron chi connectivity index (χ3n) is 4.89. The van der Waals surface area contributed by atoms with Crippen LogP contribution in [0.5, 0.6) is 11.5 Å². The monoisotopic (exact) mass is 370 g/mol. The fourth-order valence-electron chi connectivity index (χ4n) is 3.65. The number of nitrogens with zero attached hydrogens (tertiary/aromatic N) is 3. The summed E-state index contributed by atoms with van der Waals surface area (Å²) in [6.07, 6.45) is 4.84. The molecule has 2 atom stereocenters. The van der Waals surface area contributed by atoms with Gasteiger partial charge in [0.1, 0.15) is 24.6 Å². The van der Waals surface area contributed by atoms with Crippen molar-refractivity contribution < 1.29 is 14.4 Å². The largest absolute Gasteiger partial charge is 0.486 e. The highest BCUT2D eigenvalue weighted by Crippen LogP contribution is 2.31. The van der Waals surface area contributed by atoms with E-state index in [1.54, 1.807) is 12.3 Å². The van der Waals surface area contributed by atoms with E-state index in [0.717, 1.165) is 44.0 Å². The Morgan fingerprint density at radius 2 is 2.15 bits per heavy atom. The summed E-state index contributed by atoms with van der Waals surface area (Å²) in [5.41, 5.74) is 0.531. The molecule has 0 amide bonds. The summed E-state index contributed by atoms with van der Waals surface area (Å²) in [6.45, 7) is 3.09. The first-order chi connectivity index (χ1) is 13.2. The van der Waals surface area contributed by atoms with Gasteiger partial charge in [-0.25, -0.2) is 0 Å². The minimum Gasteiger partial charge on any atom is -0.486 e. The molecule has 4 rings (SSSR count). The summed E-state index contributed by atoms with van der Waals surface area (Å²) in [6, 6.07) is 9.51. The molecule has 2 aliphatic heterocycles. The molecule has 0 spiro atoms. The van der Waals surface area contributed by atoms with E-state index in [0.29, 0.717) is 12.3 Å². The highest BCUT2D eigenvalue weighted by Gasteiger charge is 2.27. The van der Waals surface area contributed by atoms with Crippen molar-refractivity contribution >= 4 is 11.4 Å². The molecule has 142 valence electrons. The Hall–Kier alpha value is -2.87. The van der Waals surface area contributed by atoms with Crippen molar-refractivity contribution in [3.8, 4) is 11.5 Å². The number of anilines is 1. The number of nitrogens with one attached hydrogen (secondary N) is 1. The van der Waals surface area contributed by atoms with Crippen LogP contribution in [0, 0.1) is 10.1 Å². The van der Waals surface area contributed by atoms with E-state index in [1.165, 1.54) is 6.20 Å². The van der Waals surface area contributed by atoms with Crippen molar-refractivity contribution in [3.63, 3.8) is 0 Å². The minimum absolute atomic E-state index is 0.00949. The molecule has 1 aromatic carbocycles. The van der Waals surface area contributed by atoms with Crippen molar-refractivity contribution in [1.82, 2.24) is 9.88 Å². The standard InChI is InChI=1S/C19H22N4O4/c24-23(25)17-10-20-8-7-16(17)21-14-4-3-9-22(11-14)12-15-13-26-18-5-1-2-6-19(18)27-15/h1-2,5-8,10,14-15H,3-4,9,11-13H2,(H,20,21)/t14-,15-/m0/s1. The molecule has 0 bridgehead atoms. The quantitative estimate of drug-likeness (QED) is 0.639. The molecule has 2 aromatic rings. The summed E-state index contributed by atoms with van der Waals surface area (Å²) in [5.74, 6) is 1.57. The molecular weight excluding hydrogens is 348 g/mol. The Balaban J connectivity index is 1.36. The van der Waals surface area contributed by atoms with Gasteiger partial charge in [-0.3, -0.25) is 20.0 Å². The molecule has 1 N–H and O–H groups in total. The Kier molecular flexibility index (Phi) is 5.06. The van der Waals surface area contributed by atoms with Crippen molar-refractivity contribution in [2.75, 3.05) is 31.6 Å². The van der Waals surface area contributed by atoms with Crippen LogP contribution >= 0.6 is 0 Å². The summed E-state index contributed by atoms with van der Waals surface area (Å²) >= 11 is 0. The topological polar surface area (TPSA) is 89.8 Å². The van der Waals surface area contributed by atoms with Crippen LogP contribution in [-0.2, 0) is 0 Å². The number of hydrogen-bond acceptors (Lipinski definition) is 7. The van der Waals surface area contributed by atoms with Crippen LogP contribution in [0.2, 0.25) is 0 Å². The first kappa shape index (κ1) is 17.5. The number of benzene rings is 1. The van der Waals surface area contributed by atoms with Gasteiger partial charge in [0.2, 0.25) is 0 Å². The van der Waals surface area contributed by atoms with E-state index in [1.807, 2.05) is 24.3 Å². The van der Waals surface area contributed by atoms with E-state index in [9.17, 15) is 10.1 Å². The first-order valence-corrected chi connectivity index (χ1v) is 9.15. The van der Waals surface area contributed by atoms with E-state index in [2.05, 4.69) is 15.2 Å². The predicted molar refractivity (Wildman–Crippen MR) is 100 cm³/mol. The molecular formula is C19H22N4O4. The Labute approximate surface area is 157 Å². The van der Waals surface area contributed by atoms with Crippen LogP contribution in [0.3, 0.4) is 0 Å². The maximum Gasteiger partial charge on any atom is 0.310 e. The lowest BCUT2D eigenvalue weighted by molar-refractivity contribution is -0.384. The minimum atomic E-state index is -0.402. The molecule has 1 aromatic heterocycles. The number of rotatable bonds is 5. The van der Waals surface area contributed by atoms with Gasteiger partial charge in [-0.15, -0.1) is 0 Å². The first-order valence-electron chi connectivity index (χ1n) is 9.15. The number of ether oxygens (including phenoxy) is 2. The smallest absolute Gasteiger partial charge is 0.310 e. The third-order valence-corrected chi connectivity index (χ3v) is 4.89. The van der Waals surface area contributed by atoms with Crippen molar-refractivity contribution in [2.45, 2.75) is 25.0 Å². The highest BCUT2D eigenvalue weighted by molar-refractivity contribution is 5.60. The maximum absolute atomic E-state index is 11.2. The zero-order valence-electron chi connectivity index (χ0n) is 14.9. The number of hydrogen-bond donors (Lipinski definition) is 1. The molecule has 1 saturated heterocycles. The molecule has 1 fully saturated rings.